The van der Waals surface area contributed by atoms with Crippen LogP contribution in [0.15, 0.2) is 29.2 Å². The number of hydrogen-bond acceptors (Lipinski definition) is 5. The van der Waals surface area contributed by atoms with Gasteiger partial charge in [0.15, 0.2) is 0 Å². The second-order valence-electron chi connectivity index (χ2n) is 7.36. The molecule has 0 spiro atoms. The number of rotatable bonds is 5. The van der Waals surface area contributed by atoms with E-state index in [0.717, 1.165) is 39.3 Å². The van der Waals surface area contributed by atoms with Crippen LogP contribution in [0.3, 0.4) is 0 Å². The summed E-state index contributed by atoms with van der Waals surface area (Å²) in [4.78, 5) is 38.5. The van der Waals surface area contributed by atoms with Crippen molar-refractivity contribution < 1.29 is 19.1 Å². The molecule has 1 aliphatic rings. The van der Waals surface area contributed by atoms with Crippen LogP contribution in [0.25, 0.3) is 11.8 Å². The van der Waals surface area contributed by atoms with Gasteiger partial charge in [-0.15, -0.1) is 0 Å². The van der Waals surface area contributed by atoms with Gasteiger partial charge in [-0.25, -0.2) is 4.79 Å². The number of carbonyl (C=O) groups is 3. The Morgan fingerprint density at radius 3 is 2.57 bits per heavy atom. The number of carbonyl (C=O) groups excluding carboxylic acids is 3. The lowest BCUT2D eigenvalue weighted by atomic mass is 10.1. The molecular formula is C23H26N2O4S. The van der Waals surface area contributed by atoms with E-state index in [1.165, 1.54) is 18.1 Å². The lowest BCUT2D eigenvalue weighted by molar-refractivity contribution is -0.150. The first-order valence-electron chi connectivity index (χ1n) is 9.86. The number of esters is 1. The van der Waals surface area contributed by atoms with Crippen LogP contribution < -0.4 is 0 Å². The highest BCUT2D eigenvalue weighted by Crippen LogP contribution is 2.35. The molecule has 1 fully saturated rings. The third kappa shape index (κ3) is 3.81. The Kier molecular flexibility index (Phi) is 6.22. The highest BCUT2D eigenvalue weighted by molar-refractivity contribution is 8.18. The number of aryl methyl sites for hydroxylation is 2. The first kappa shape index (κ1) is 21.9. The van der Waals surface area contributed by atoms with Gasteiger partial charge in [-0.3, -0.25) is 14.5 Å². The number of aromatic nitrogens is 1. The molecule has 0 bridgehead atoms. The molecule has 0 saturated carbocycles. The number of hydrogen-bond donors (Lipinski definition) is 0. The molecule has 2 aromatic rings. The first-order chi connectivity index (χ1) is 14.2. The van der Waals surface area contributed by atoms with Crippen molar-refractivity contribution in [2.24, 2.45) is 0 Å². The van der Waals surface area contributed by atoms with Crippen molar-refractivity contribution in [3.63, 3.8) is 0 Å². The van der Waals surface area contributed by atoms with Gasteiger partial charge in [-0.1, -0.05) is 12.1 Å². The maximum absolute atomic E-state index is 12.8. The summed E-state index contributed by atoms with van der Waals surface area (Å²) in [6.45, 7) is 11.6. The predicted molar refractivity (Wildman–Crippen MR) is 119 cm³/mol. The number of imide groups is 1. The van der Waals surface area contributed by atoms with E-state index >= 15 is 0 Å². The maximum atomic E-state index is 12.8. The molecule has 30 heavy (non-hydrogen) atoms. The Balaban J connectivity index is 1.97. The third-order valence-electron chi connectivity index (χ3n) is 5.41. The molecule has 7 heteroatoms. The molecule has 0 N–H and O–H groups in total. The van der Waals surface area contributed by atoms with Crippen LogP contribution in [0.1, 0.15) is 41.9 Å². The van der Waals surface area contributed by atoms with E-state index < -0.39 is 23.2 Å². The fourth-order valence-electron chi connectivity index (χ4n) is 3.61. The minimum atomic E-state index is -0.953. The van der Waals surface area contributed by atoms with Gasteiger partial charge in [0.2, 0.25) is 0 Å². The lowest BCUT2D eigenvalue weighted by Gasteiger charge is -2.19. The average Bonchev–Trinajstić information content (AvgIpc) is 3.12. The summed E-state index contributed by atoms with van der Waals surface area (Å²) >= 11 is 0.847. The fraction of sp³-hybridized carbons (Fsp3) is 0.348. The van der Waals surface area contributed by atoms with Gasteiger partial charge in [-0.2, -0.15) is 0 Å². The number of ether oxygens (including phenoxy) is 1. The third-order valence-corrected chi connectivity index (χ3v) is 6.30. The Labute approximate surface area is 180 Å². The molecule has 3 rings (SSSR count). The number of amides is 2. The Morgan fingerprint density at radius 2 is 1.90 bits per heavy atom. The lowest BCUT2D eigenvalue weighted by Crippen LogP contribution is -2.42. The van der Waals surface area contributed by atoms with E-state index in [9.17, 15) is 14.4 Å². The maximum Gasteiger partial charge on any atom is 0.329 e. The fourth-order valence-corrected chi connectivity index (χ4v) is 4.50. The zero-order valence-electron chi connectivity index (χ0n) is 18.1. The van der Waals surface area contributed by atoms with E-state index in [0.29, 0.717) is 4.91 Å². The van der Waals surface area contributed by atoms with Crippen LogP contribution in [-0.4, -0.2) is 39.2 Å². The van der Waals surface area contributed by atoms with Crippen LogP contribution >= 0.6 is 11.8 Å². The number of nitrogens with zero attached hydrogens (tertiary/aromatic N) is 2. The van der Waals surface area contributed by atoms with Crippen molar-refractivity contribution in [2.45, 2.75) is 47.6 Å². The average molecular weight is 427 g/mol. The second-order valence-corrected chi connectivity index (χ2v) is 8.35. The van der Waals surface area contributed by atoms with Crippen LogP contribution in [0.5, 0.6) is 0 Å². The van der Waals surface area contributed by atoms with Gasteiger partial charge in [-0.05, 0) is 88.2 Å². The van der Waals surface area contributed by atoms with Crippen LogP contribution in [-0.2, 0) is 14.3 Å². The van der Waals surface area contributed by atoms with Gasteiger partial charge in [0.1, 0.15) is 6.04 Å². The summed E-state index contributed by atoms with van der Waals surface area (Å²) in [6, 6.07) is 7.22. The van der Waals surface area contributed by atoms with Crippen LogP contribution in [0.2, 0.25) is 0 Å². The zero-order valence-corrected chi connectivity index (χ0v) is 18.9. The molecule has 1 aromatic carbocycles. The van der Waals surface area contributed by atoms with E-state index in [1.54, 1.807) is 13.0 Å². The standard InChI is InChI=1S/C23H26N2O4S/c1-7-29-22(27)17(6)25-21(26)20(30-23(25)28)12-18-11-14(3)24(16(18)5)19-10-8-9-13(2)15(19)4/h8-12,17H,7H2,1-6H3/b20-12+/t17-/m0/s1. The summed E-state index contributed by atoms with van der Waals surface area (Å²) < 4.78 is 7.11. The van der Waals surface area contributed by atoms with Crippen molar-refractivity contribution in [1.29, 1.82) is 0 Å². The SMILES string of the molecule is CCOC(=O)[C@H](C)N1C(=O)S/C(=C/c2cc(C)n(-c3cccc(C)c3C)c2C)C1=O. The summed E-state index contributed by atoms with van der Waals surface area (Å²) in [5.41, 5.74) is 6.36. The highest BCUT2D eigenvalue weighted by Gasteiger charge is 2.41. The van der Waals surface area contributed by atoms with Crippen LogP contribution in [0, 0.1) is 27.7 Å². The minimum Gasteiger partial charge on any atom is -0.464 e. The van der Waals surface area contributed by atoms with Crippen molar-refractivity contribution in [3.05, 3.63) is 57.2 Å². The molecule has 1 atom stereocenters. The molecule has 2 amide bonds. The smallest absolute Gasteiger partial charge is 0.329 e. The molecule has 2 heterocycles. The van der Waals surface area contributed by atoms with Crippen molar-refractivity contribution in [2.75, 3.05) is 6.61 Å². The topological polar surface area (TPSA) is 68.6 Å². The van der Waals surface area contributed by atoms with Crippen molar-refractivity contribution >= 4 is 35.0 Å². The van der Waals surface area contributed by atoms with Gasteiger partial charge < -0.3 is 9.30 Å². The summed E-state index contributed by atoms with van der Waals surface area (Å²) in [5.74, 6) is -1.06. The number of thioether (sulfide) groups is 1. The molecule has 0 unspecified atom stereocenters. The van der Waals surface area contributed by atoms with E-state index in [1.807, 2.05) is 26.0 Å². The van der Waals surface area contributed by atoms with Crippen molar-refractivity contribution in [1.82, 2.24) is 9.47 Å². The minimum absolute atomic E-state index is 0.194. The largest absolute Gasteiger partial charge is 0.464 e. The van der Waals surface area contributed by atoms with Gasteiger partial charge in [0.05, 0.1) is 11.5 Å². The monoisotopic (exact) mass is 426 g/mol. The molecule has 158 valence electrons. The molecule has 1 aromatic heterocycles. The van der Waals surface area contributed by atoms with E-state index in [-0.39, 0.29) is 6.61 Å². The first-order valence-corrected chi connectivity index (χ1v) is 10.7. The Bertz CT molecular complexity index is 1070. The summed E-state index contributed by atoms with van der Waals surface area (Å²) in [5, 5.41) is -0.463. The molecular weight excluding hydrogens is 400 g/mol. The molecule has 1 saturated heterocycles. The highest BCUT2D eigenvalue weighted by atomic mass is 32.2. The zero-order chi connectivity index (χ0) is 22.2. The normalized spacial score (nSPS) is 16.5. The number of benzene rings is 1. The molecule has 6 nitrogen and oxygen atoms in total. The van der Waals surface area contributed by atoms with E-state index in [2.05, 4.69) is 30.5 Å². The van der Waals surface area contributed by atoms with Gasteiger partial charge in [0, 0.05) is 17.1 Å². The Morgan fingerprint density at radius 1 is 1.20 bits per heavy atom. The van der Waals surface area contributed by atoms with Gasteiger partial charge >= 0.3 is 5.97 Å². The Hall–Kier alpha value is -2.80. The second kappa shape index (κ2) is 8.52. The predicted octanol–water partition coefficient (Wildman–Crippen LogP) is 4.70. The van der Waals surface area contributed by atoms with Crippen LogP contribution in [0.4, 0.5) is 4.79 Å². The molecule has 0 radical (unpaired) electrons. The van der Waals surface area contributed by atoms with Crippen molar-refractivity contribution in [3.8, 4) is 5.69 Å². The van der Waals surface area contributed by atoms with E-state index in [4.69, 9.17) is 4.74 Å². The molecule has 0 aliphatic carbocycles. The summed E-state index contributed by atoms with van der Waals surface area (Å²) in [6.07, 6.45) is 1.73. The summed E-state index contributed by atoms with van der Waals surface area (Å²) in [7, 11) is 0. The van der Waals surface area contributed by atoms with Gasteiger partial charge in [0.25, 0.3) is 11.1 Å². The quantitative estimate of drug-likeness (QED) is 0.512. The molecule has 1 aliphatic heterocycles.